The van der Waals surface area contributed by atoms with Crippen molar-refractivity contribution < 1.29 is 18.7 Å². The van der Waals surface area contributed by atoms with Crippen molar-refractivity contribution in [3.63, 3.8) is 0 Å². The van der Waals surface area contributed by atoms with E-state index in [0.29, 0.717) is 5.89 Å². The van der Waals surface area contributed by atoms with Crippen LogP contribution in [0.2, 0.25) is 5.02 Å². The highest BCUT2D eigenvalue weighted by atomic mass is 35.5. The van der Waals surface area contributed by atoms with Crippen molar-refractivity contribution in [1.82, 2.24) is 15.5 Å². The van der Waals surface area contributed by atoms with Crippen molar-refractivity contribution in [2.75, 3.05) is 6.61 Å². The molecule has 1 unspecified atom stereocenters. The summed E-state index contributed by atoms with van der Waals surface area (Å²) in [6.07, 6.45) is -0.153. The monoisotopic (exact) mass is 313 g/mol. The van der Waals surface area contributed by atoms with Crippen LogP contribution < -0.4 is 5.32 Å². The van der Waals surface area contributed by atoms with Crippen molar-refractivity contribution >= 4 is 17.5 Å². The molecule has 0 aliphatic carbocycles. The Morgan fingerprint density at radius 1 is 1.52 bits per heavy atom. The molecule has 2 aromatic rings. The van der Waals surface area contributed by atoms with Gasteiger partial charge in [-0.05, 0) is 6.07 Å². The van der Waals surface area contributed by atoms with Crippen molar-refractivity contribution in [3.05, 3.63) is 46.4 Å². The fourth-order valence-corrected chi connectivity index (χ4v) is 1.98. The molecule has 8 heteroatoms. The molecule has 0 fully saturated rings. The van der Waals surface area contributed by atoms with Gasteiger partial charge in [-0.15, -0.1) is 10.2 Å². The molecule has 0 saturated heterocycles. The van der Waals surface area contributed by atoms with Crippen molar-refractivity contribution in [3.8, 4) is 0 Å². The third kappa shape index (κ3) is 3.77. The second kappa shape index (κ2) is 6.64. The van der Waals surface area contributed by atoms with Gasteiger partial charge in [0.05, 0.1) is 17.7 Å². The summed E-state index contributed by atoms with van der Waals surface area (Å²) in [5.41, 5.74) is 0.111. The number of nitrogens with one attached hydrogen (secondary N) is 1. The summed E-state index contributed by atoms with van der Waals surface area (Å²) in [6, 6.07) is 3.47. The topological polar surface area (TPSA) is 88.2 Å². The van der Waals surface area contributed by atoms with Crippen molar-refractivity contribution in [2.24, 2.45) is 0 Å². The molecule has 0 aliphatic rings. The largest absolute Gasteiger partial charge is 0.425 e. The number of aliphatic hydroxyl groups is 1. The maximum atomic E-state index is 13.9. The molecule has 0 radical (unpaired) electrons. The zero-order valence-corrected chi connectivity index (χ0v) is 11.9. The van der Waals surface area contributed by atoms with E-state index in [1.165, 1.54) is 18.2 Å². The predicted octanol–water partition coefficient (Wildman–Crippen LogP) is 1.56. The van der Waals surface area contributed by atoms with Gasteiger partial charge >= 0.3 is 0 Å². The van der Waals surface area contributed by atoms with Gasteiger partial charge in [0.15, 0.2) is 0 Å². The van der Waals surface area contributed by atoms with Gasteiger partial charge in [-0.25, -0.2) is 4.39 Å². The SMILES string of the molecule is Cc1nnc(CC(=O)NC(CO)c2cccc(Cl)c2F)o1. The Balaban J connectivity index is 2.08. The van der Waals surface area contributed by atoms with E-state index in [0.717, 1.165) is 0 Å². The van der Waals surface area contributed by atoms with Crippen LogP contribution in [0.3, 0.4) is 0 Å². The minimum Gasteiger partial charge on any atom is -0.425 e. The number of aryl methyl sites for hydroxylation is 1. The van der Waals surface area contributed by atoms with E-state index in [1.54, 1.807) is 6.92 Å². The van der Waals surface area contributed by atoms with Crippen LogP contribution in [0.5, 0.6) is 0 Å². The van der Waals surface area contributed by atoms with Crippen LogP contribution in [0.25, 0.3) is 0 Å². The van der Waals surface area contributed by atoms with Gasteiger partial charge in [-0.1, -0.05) is 23.7 Å². The first-order chi connectivity index (χ1) is 10.0. The van der Waals surface area contributed by atoms with Gasteiger partial charge in [0.1, 0.15) is 12.2 Å². The van der Waals surface area contributed by atoms with Crippen LogP contribution in [-0.2, 0) is 11.2 Å². The first-order valence-corrected chi connectivity index (χ1v) is 6.52. The van der Waals surface area contributed by atoms with Crippen LogP contribution in [0.15, 0.2) is 22.6 Å². The lowest BCUT2D eigenvalue weighted by Gasteiger charge is -2.17. The molecule has 2 N–H and O–H groups in total. The molecule has 1 heterocycles. The smallest absolute Gasteiger partial charge is 0.229 e. The predicted molar refractivity (Wildman–Crippen MR) is 72.1 cm³/mol. The van der Waals surface area contributed by atoms with Crippen LogP contribution in [0, 0.1) is 12.7 Å². The fourth-order valence-electron chi connectivity index (χ4n) is 1.80. The quantitative estimate of drug-likeness (QED) is 0.874. The lowest BCUT2D eigenvalue weighted by Crippen LogP contribution is -2.32. The van der Waals surface area contributed by atoms with E-state index in [-0.39, 0.29) is 22.9 Å². The maximum absolute atomic E-state index is 13.9. The van der Waals surface area contributed by atoms with E-state index < -0.39 is 24.4 Å². The lowest BCUT2D eigenvalue weighted by atomic mass is 10.1. The lowest BCUT2D eigenvalue weighted by molar-refractivity contribution is -0.121. The number of aromatic nitrogens is 2. The van der Waals surface area contributed by atoms with Gasteiger partial charge in [-0.3, -0.25) is 4.79 Å². The molecule has 0 spiro atoms. The Labute approximate surface area is 124 Å². The molecule has 1 atom stereocenters. The second-order valence-electron chi connectivity index (χ2n) is 4.34. The number of halogens is 2. The zero-order chi connectivity index (χ0) is 15.4. The average molecular weight is 314 g/mol. The van der Waals surface area contributed by atoms with Crippen LogP contribution in [0.4, 0.5) is 4.39 Å². The van der Waals surface area contributed by atoms with E-state index in [2.05, 4.69) is 15.5 Å². The second-order valence-corrected chi connectivity index (χ2v) is 4.74. The minimum atomic E-state index is -0.903. The van der Waals surface area contributed by atoms with Gasteiger partial charge < -0.3 is 14.8 Å². The molecule has 2 rings (SSSR count). The van der Waals surface area contributed by atoms with Crippen molar-refractivity contribution in [1.29, 1.82) is 0 Å². The van der Waals surface area contributed by atoms with E-state index in [4.69, 9.17) is 16.0 Å². The first-order valence-electron chi connectivity index (χ1n) is 6.14. The van der Waals surface area contributed by atoms with Crippen LogP contribution in [-0.4, -0.2) is 27.8 Å². The van der Waals surface area contributed by atoms with Gasteiger partial charge in [0, 0.05) is 12.5 Å². The Morgan fingerprint density at radius 3 is 2.90 bits per heavy atom. The first kappa shape index (κ1) is 15.4. The summed E-state index contributed by atoms with van der Waals surface area (Å²) in [7, 11) is 0. The van der Waals surface area contributed by atoms with Crippen molar-refractivity contribution in [2.45, 2.75) is 19.4 Å². The molecule has 0 aliphatic heterocycles. The molecule has 1 aromatic carbocycles. The average Bonchev–Trinajstić information content (AvgIpc) is 2.85. The molecule has 1 aromatic heterocycles. The Hall–Kier alpha value is -1.99. The third-order valence-electron chi connectivity index (χ3n) is 2.75. The number of carbonyl (C=O) groups is 1. The number of carbonyl (C=O) groups excluding carboxylic acids is 1. The van der Waals surface area contributed by atoms with E-state index in [9.17, 15) is 14.3 Å². The fraction of sp³-hybridized carbons (Fsp3) is 0.308. The number of hydrogen-bond acceptors (Lipinski definition) is 5. The normalized spacial score (nSPS) is 12.2. The number of amides is 1. The molecule has 112 valence electrons. The maximum Gasteiger partial charge on any atom is 0.229 e. The molecular weight excluding hydrogens is 301 g/mol. The van der Waals surface area contributed by atoms with Gasteiger partial charge in [0.25, 0.3) is 0 Å². The number of aliphatic hydroxyl groups excluding tert-OH is 1. The number of benzene rings is 1. The van der Waals surface area contributed by atoms with Crippen LogP contribution in [0.1, 0.15) is 23.4 Å². The Kier molecular flexibility index (Phi) is 4.87. The zero-order valence-electron chi connectivity index (χ0n) is 11.1. The highest BCUT2D eigenvalue weighted by Crippen LogP contribution is 2.23. The number of nitrogens with zero attached hydrogens (tertiary/aromatic N) is 2. The Morgan fingerprint density at radius 2 is 2.29 bits per heavy atom. The molecule has 6 nitrogen and oxygen atoms in total. The summed E-state index contributed by atoms with van der Waals surface area (Å²) >= 11 is 5.68. The third-order valence-corrected chi connectivity index (χ3v) is 3.05. The van der Waals surface area contributed by atoms with Gasteiger partial charge in [0.2, 0.25) is 17.7 Å². The van der Waals surface area contributed by atoms with Gasteiger partial charge in [-0.2, -0.15) is 0 Å². The van der Waals surface area contributed by atoms with E-state index in [1.807, 2.05) is 0 Å². The highest BCUT2D eigenvalue weighted by molar-refractivity contribution is 6.30. The minimum absolute atomic E-state index is 0.0762. The summed E-state index contributed by atoms with van der Waals surface area (Å²) in [5.74, 6) is -0.658. The highest BCUT2D eigenvalue weighted by Gasteiger charge is 2.20. The summed E-state index contributed by atoms with van der Waals surface area (Å²) in [4.78, 5) is 11.9. The molecule has 0 bridgehead atoms. The number of rotatable bonds is 5. The molecule has 1 amide bonds. The molecule has 21 heavy (non-hydrogen) atoms. The standard InChI is InChI=1S/C13H13ClFN3O3/c1-7-17-18-12(21-7)5-11(20)16-10(6-19)8-3-2-4-9(14)13(8)15/h2-4,10,19H,5-6H2,1H3,(H,16,20). The molecular formula is C13H13ClFN3O3. The number of hydrogen-bond donors (Lipinski definition) is 2. The van der Waals surface area contributed by atoms with Crippen LogP contribution >= 0.6 is 11.6 Å². The molecule has 0 saturated carbocycles. The summed E-state index contributed by atoms with van der Waals surface area (Å²) in [6.45, 7) is 1.14. The van der Waals surface area contributed by atoms with E-state index >= 15 is 0 Å². The summed E-state index contributed by atoms with van der Waals surface area (Å²) < 4.78 is 19.0. The summed E-state index contributed by atoms with van der Waals surface area (Å²) in [5, 5.41) is 19.0. The Bertz CT molecular complexity index is 647.